The fraction of sp³-hybridized carbons (Fsp3) is 0.300. The van der Waals surface area contributed by atoms with Crippen LogP contribution in [0.4, 0.5) is 5.69 Å². The van der Waals surface area contributed by atoms with Gasteiger partial charge in [0.2, 0.25) is 0 Å². The second-order valence-corrected chi connectivity index (χ2v) is 4.08. The van der Waals surface area contributed by atoms with Crippen molar-refractivity contribution in [1.82, 2.24) is 0 Å². The Morgan fingerprint density at radius 1 is 1.62 bits per heavy atom. The van der Waals surface area contributed by atoms with E-state index in [2.05, 4.69) is 21.1 Å². The topological polar surface area (TPSA) is 64.7 Å². The van der Waals surface area contributed by atoms with Crippen molar-refractivity contribution in [2.24, 2.45) is 5.16 Å². The molecule has 0 bridgehead atoms. The van der Waals surface area contributed by atoms with E-state index in [0.717, 1.165) is 11.3 Å². The van der Waals surface area contributed by atoms with Crippen molar-refractivity contribution < 1.29 is 9.76 Å². The predicted molar refractivity (Wildman–Crippen MR) is 62.9 cm³/mol. The molecule has 1 aliphatic heterocycles. The number of rotatable bonds is 3. The Kier molecular flexibility index (Phi) is 3.19. The normalized spacial score (nSPS) is 19.1. The van der Waals surface area contributed by atoms with Gasteiger partial charge < -0.3 is 4.84 Å². The first-order valence-corrected chi connectivity index (χ1v) is 5.86. The molecule has 5 nitrogen and oxygen atoms in total. The minimum atomic E-state index is -0.415. The second kappa shape index (κ2) is 4.61. The van der Waals surface area contributed by atoms with Gasteiger partial charge in [-0.2, -0.15) is 0 Å². The summed E-state index contributed by atoms with van der Waals surface area (Å²) in [4.78, 5) is 15.3. The molecular formula is C10H9BrN2O3. The molecule has 1 aromatic rings. The van der Waals surface area contributed by atoms with Crippen molar-refractivity contribution in [2.45, 2.75) is 12.5 Å². The number of hydrogen-bond acceptors (Lipinski definition) is 4. The minimum absolute atomic E-state index is 0.0225. The van der Waals surface area contributed by atoms with Gasteiger partial charge in [0.05, 0.1) is 10.6 Å². The monoisotopic (exact) mass is 284 g/mol. The molecular weight excluding hydrogens is 276 g/mol. The molecule has 1 heterocycles. The summed E-state index contributed by atoms with van der Waals surface area (Å²) < 4.78 is 0. The molecule has 0 aromatic heterocycles. The number of nitro benzene ring substituents is 1. The highest BCUT2D eigenvalue weighted by atomic mass is 79.9. The molecule has 0 aliphatic carbocycles. The third kappa shape index (κ3) is 2.21. The molecule has 16 heavy (non-hydrogen) atoms. The van der Waals surface area contributed by atoms with Crippen LogP contribution in [0.15, 0.2) is 29.4 Å². The van der Waals surface area contributed by atoms with Gasteiger partial charge in [-0.1, -0.05) is 33.2 Å². The third-order valence-electron chi connectivity index (χ3n) is 2.30. The lowest BCUT2D eigenvalue weighted by atomic mass is 10.1. The zero-order valence-electron chi connectivity index (χ0n) is 8.30. The van der Waals surface area contributed by atoms with Gasteiger partial charge in [-0.3, -0.25) is 10.1 Å². The van der Waals surface area contributed by atoms with E-state index in [9.17, 15) is 10.1 Å². The van der Waals surface area contributed by atoms with Crippen molar-refractivity contribution in [2.75, 3.05) is 5.33 Å². The van der Waals surface area contributed by atoms with Crippen LogP contribution in [0.1, 0.15) is 12.0 Å². The van der Waals surface area contributed by atoms with Crippen molar-refractivity contribution in [3.05, 3.63) is 39.9 Å². The fourth-order valence-corrected chi connectivity index (χ4v) is 1.83. The Labute approximate surface area is 100 Å². The first-order valence-electron chi connectivity index (χ1n) is 4.74. The molecule has 84 valence electrons. The zero-order chi connectivity index (χ0) is 11.5. The highest BCUT2D eigenvalue weighted by Crippen LogP contribution is 2.21. The summed E-state index contributed by atoms with van der Waals surface area (Å²) in [7, 11) is 0. The minimum Gasteiger partial charge on any atom is -0.391 e. The molecule has 1 aliphatic rings. The van der Waals surface area contributed by atoms with Crippen LogP contribution in [-0.2, 0) is 4.84 Å². The number of halogens is 1. The average Bonchev–Trinajstić information content (AvgIpc) is 2.77. The van der Waals surface area contributed by atoms with Crippen LogP contribution in [-0.4, -0.2) is 22.1 Å². The standard InChI is InChI=1S/C10H9BrN2O3/c11-6-9-5-10(12-16-9)7-2-1-3-8(4-7)13(14)15/h1-4,9H,5-6H2. The van der Waals surface area contributed by atoms with E-state index in [4.69, 9.17) is 4.84 Å². The zero-order valence-corrected chi connectivity index (χ0v) is 9.88. The maximum Gasteiger partial charge on any atom is 0.270 e. The molecule has 2 rings (SSSR count). The summed E-state index contributed by atoms with van der Waals surface area (Å²) in [5.74, 6) is 0. The molecule has 6 heteroatoms. The molecule has 0 radical (unpaired) electrons. The van der Waals surface area contributed by atoms with E-state index in [1.54, 1.807) is 12.1 Å². The van der Waals surface area contributed by atoms with E-state index in [-0.39, 0.29) is 11.8 Å². The average molecular weight is 285 g/mol. The van der Waals surface area contributed by atoms with Gasteiger partial charge in [0, 0.05) is 29.4 Å². The summed E-state index contributed by atoms with van der Waals surface area (Å²) in [6.45, 7) is 0. The number of oxime groups is 1. The van der Waals surface area contributed by atoms with E-state index in [1.165, 1.54) is 12.1 Å². The third-order valence-corrected chi connectivity index (χ3v) is 3.02. The highest BCUT2D eigenvalue weighted by molar-refractivity contribution is 9.09. The largest absolute Gasteiger partial charge is 0.391 e. The Hall–Kier alpha value is -1.43. The molecule has 0 amide bonds. The first-order chi connectivity index (χ1) is 7.70. The summed E-state index contributed by atoms with van der Waals surface area (Å²) in [6, 6.07) is 6.42. The fourth-order valence-electron chi connectivity index (χ4n) is 1.48. The van der Waals surface area contributed by atoms with Crippen molar-refractivity contribution in [1.29, 1.82) is 0 Å². The molecule has 0 N–H and O–H groups in total. The predicted octanol–water partition coefficient (Wildman–Crippen LogP) is 2.48. The summed E-state index contributed by atoms with van der Waals surface area (Å²) in [6.07, 6.45) is 0.695. The molecule has 0 spiro atoms. The number of hydrogen-bond donors (Lipinski definition) is 0. The summed E-state index contributed by atoms with van der Waals surface area (Å²) >= 11 is 3.31. The van der Waals surface area contributed by atoms with Gasteiger partial charge in [-0.05, 0) is 0 Å². The van der Waals surface area contributed by atoms with Gasteiger partial charge in [0.25, 0.3) is 5.69 Å². The van der Waals surface area contributed by atoms with E-state index < -0.39 is 4.92 Å². The van der Waals surface area contributed by atoms with Crippen LogP contribution in [0.25, 0.3) is 0 Å². The van der Waals surface area contributed by atoms with Crippen LogP contribution in [0.5, 0.6) is 0 Å². The van der Waals surface area contributed by atoms with Crippen LogP contribution in [0.3, 0.4) is 0 Å². The molecule has 0 saturated heterocycles. The van der Waals surface area contributed by atoms with Gasteiger partial charge >= 0.3 is 0 Å². The lowest BCUT2D eigenvalue weighted by Gasteiger charge is -2.01. The van der Waals surface area contributed by atoms with Gasteiger partial charge in [0.15, 0.2) is 0 Å². The number of alkyl halides is 1. The molecule has 0 saturated carbocycles. The van der Waals surface area contributed by atoms with Crippen molar-refractivity contribution in [3.8, 4) is 0 Å². The molecule has 1 aromatic carbocycles. The van der Waals surface area contributed by atoms with Crippen molar-refractivity contribution >= 4 is 27.3 Å². The number of nitro groups is 1. The number of non-ortho nitro benzene ring substituents is 1. The van der Waals surface area contributed by atoms with E-state index >= 15 is 0 Å². The van der Waals surface area contributed by atoms with Crippen LogP contribution in [0.2, 0.25) is 0 Å². The van der Waals surface area contributed by atoms with Crippen molar-refractivity contribution in [3.63, 3.8) is 0 Å². The maximum absolute atomic E-state index is 10.6. The maximum atomic E-state index is 10.6. The quantitative estimate of drug-likeness (QED) is 0.487. The Balaban J connectivity index is 2.22. The SMILES string of the molecule is O=[N+]([O-])c1cccc(C2=NOC(CBr)C2)c1. The second-order valence-electron chi connectivity index (χ2n) is 3.43. The summed E-state index contributed by atoms with van der Waals surface area (Å²) in [5.41, 5.74) is 1.58. The van der Waals surface area contributed by atoms with Crippen LogP contribution >= 0.6 is 15.9 Å². The lowest BCUT2D eigenvalue weighted by Crippen LogP contribution is -2.09. The van der Waals surface area contributed by atoms with E-state index in [0.29, 0.717) is 11.8 Å². The first kappa shape index (κ1) is 11.1. The molecule has 1 unspecified atom stereocenters. The van der Waals surface area contributed by atoms with Gasteiger partial charge in [-0.15, -0.1) is 0 Å². The van der Waals surface area contributed by atoms with Gasteiger partial charge in [-0.25, -0.2) is 0 Å². The Morgan fingerprint density at radius 2 is 2.44 bits per heavy atom. The molecule has 0 fully saturated rings. The van der Waals surface area contributed by atoms with Crippen LogP contribution < -0.4 is 0 Å². The van der Waals surface area contributed by atoms with Crippen LogP contribution in [0, 0.1) is 10.1 Å². The summed E-state index contributed by atoms with van der Waals surface area (Å²) in [5, 5.41) is 15.2. The Bertz CT molecular complexity index is 447. The highest BCUT2D eigenvalue weighted by Gasteiger charge is 2.21. The number of nitrogens with zero attached hydrogens (tertiary/aromatic N) is 2. The van der Waals surface area contributed by atoms with E-state index in [1.807, 2.05) is 0 Å². The Morgan fingerprint density at radius 3 is 3.06 bits per heavy atom. The number of benzene rings is 1. The smallest absolute Gasteiger partial charge is 0.270 e. The lowest BCUT2D eigenvalue weighted by molar-refractivity contribution is -0.384. The molecule has 1 atom stereocenters. The van der Waals surface area contributed by atoms with Gasteiger partial charge in [0.1, 0.15) is 6.10 Å².